The highest BCUT2D eigenvalue weighted by Gasteiger charge is 2.44. The number of rotatable bonds is 20. The number of amides is 3. The first-order valence-corrected chi connectivity index (χ1v) is 33.7. The number of morpholine rings is 2. The monoisotopic (exact) mass is 1330 g/mol. The number of pyridine rings is 2. The number of piperidine rings is 2. The van der Waals surface area contributed by atoms with Gasteiger partial charge in [-0.25, -0.2) is 28.3 Å². The van der Waals surface area contributed by atoms with Crippen LogP contribution in [0.15, 0.2) is 82.6 Å². The number of carboxylic acids is 1. The van der Waals surface area contributed by atoms with Crippen molar-refractivity contribution in [3.05, 3.63) is 117 Å². The molecular weight excluding hydrogens is 1230 g/mol. The Morgan fingerprint density at radius 1 is 0.583 bits per heavy atom. The van der Waals surface area contributed by atoms with Crippen LogP contribution in [0.1, 0.15) is 136 Å². The second-order valence-corrected chi connectivity index (χ2v) is 27.8. The fraction of sp³-hybridized carbons (Fsp3) is 0.594. The highest BCUT2D eigenvalue weighted by molar-refractivity contribution is 5.91. The van der Waals surface area contributed by atoms with E-state index in [1.807, 2.05) is 34.9 Å². The molecule has 0 bridgehead atoms. The van der Waals surface area contributed by atoms with Crippen LogP contribution in [-0.4, -0.2) is 213 Å². The Labute approximate surface area is 560 Å². The molecule has 25 nitrogen and oxygen atoms in total. The molecule has 4 atom stereocenters. The summed E-state index contributed by atoms with van der Waals surface area (Å²) in [6.07, 6.45) is 6.64. The Kier molecular flexibility index (Phi) is 25.0. The number of halogens is 2. The van der Waals surface area contributed by atoms with Crippen LogP contribution < -0.4 is 38.0 Å². The predicted molar refractivity (Wildman–Crippen MR) is 365 cm³/mol. The largest absolute Gasteiger partial charge is 0.481 e. The number of hydrogen-bond donors (Lipinski definition) is 8. The van der Waals surface area contributed by atoms with E-state index in [1.54, 1.807) is 49.9 Å². The van der Waals surface area contributed by atoms with Crippen LogP contribution in [-0.2, 0) is 28.7 Å². The van der Waals surface area contributed by atoms with Crippen molar-refractivity contribution in [2.45, 2.75) is 137 Å². The zero-order chi connectivity index (χ0) is 67.4. The molecule has 6 aliphatic heterocycles. The summed E-state index contributed by atoms with van der Waals surface area (Å²) in [6, 6.07) is 16.0. The maximum Gasteiger partial charge on any atom is 0.327 e. The van der Waals surface area contributed by atoms with Crippen molar-refractivity contribution < 1.29 is 42.5 Å². The molecule has 0 saturated carbocycles. The van der Waals surface area contributed by atoms with Crippen LogP contribution in [0, 0.1) is 22.5 Å². The number of ether oxygens (including phenoxy) is 2. The normalized spacial score (nSPS) is 21.0. The molecule has 6 aliphatic rings. The smallest absolute Gasteiger partial charge is 0.327 e. The van der Waals surface area contributed by atoms with Crippen molar-refractivity contribution in [3.8, 4) is 0 Å². The molecule has 12 rings (SSSR count). The fourth-order valence-corrected chi connectivity index (χ4v) is 13.4. The molecule has 2 aromatic carbocycles. The number of nitrogens with one attached hydrogen (secondary N) is 7. The van der Waals surface area contributed by atoms with Gasteiger partial charge in [0.2, 0.25) is 17.7 Å². The van der Waals surface area contributed by atoms with E-state index in [-0.39, 0.29) is 72.1 Å². The van der Waals surface area contributed by atoms with Gasteiger partial charge in [0.05, 0.1) is 73.8 Å². The Morgan fingerprint density at radius 2 is 1.01 bits per heavy atom. The zero-order valence-corrected chi connectivity index (χ0v) is 55.8. The molecule has 4 aromatic heterocycles. The van der Waals surface area contributed by atoms with E-state index in [2.05, 4.69) is 97.9 Å². The number of fused-ring (bicyclic) bond motifs is 2. The molecule has 8 N–H and O–H groups in total. The number of carbonyl (C=O) groups is 4. The van der Waals surface area contributed by atoms with Gasteiger partial charge in [-0.3, -0.25) is 58.7 Å². The first kappa shape index (κ1) is 72.6. The number of aromatic amines is 2. The third-order valence-electron chi connectivity index (χ3n) is 18.7. The summed E-state index contributed by atoms with van der Waals surface area (Å²) >= 11 is 0. The third-order valence-corrected chi connectivity index (χ3v) is 18.7. The number of anilines is 2. The minimum absolute atomic E-state index is 0. The minimum atomic E-state index is -1.05. The number of aliphatic carboxylic acids is 1. The van der Waals surface area contributed by atoms with E-state index in [0.717, 1.165) is 89.1 Å². The van der Waals surface area contributed by atoms with Crippen molar-refractivity contribution in [2.75, 3.05) is 129 Å². The van der Waals surface area contributed by atoms with Gasteiger partial charge in [-0.05, 0) is 98.8 Å². The molecule has 6 aromatic rings. The molecule has 10 heterocycles. The van der Waals surface area contributed by atoms with Crippen molar-refractivity contribution in [1.82, 2.24) is 69.5 Å². The number of carboxylic acid groups (broad SMARTS) is 1. The summed E-state index contributed by atoms with van der Waals surface area (Å²) in [4.78, 5) is 100. The zero-order valence-electron chi connectivity index (χ0n) is 55.8. The molecule has 0 spiro atoms. The van der Waals surface area contributed by atoms with Gasteiger partial charge in [-0.1, -0.05) is 73.2 Å². The van der Waals surface area contributed by atoms with Gasteiger partial charge in [0.15, 0.2) is 11.3 Å². The summed E-state index contributed by atoms with van der Waals surface area (Å²) < 4.78 is 44.6. The van der Waals surface area contributed by atoms with Gasteiger partial charge >= 0.3 is 17.3 Å². The van der Waals surface area contributed by atoms with Crippen LogP contribution in [0.4, 0.5) is 20.2 Å². The lowest BCUT2D eigenvalue weighted by Gasteiger charge is -2.33. The number of para-hydroxylation sites is 2. The van der Waals surface area contributed by atoms with E-state index in [9.17, 15) is 38.3 Å². The average Bonchev–Trinajstić information content (AvgIpc) is 1.65. The number of imidazole rings is 2. The first-order chi connectivity index (χ1) is 45.6. The van der Waals surface area contributed by atoms with Crippen molar-refractivity contribution >= 4 is 57.4 Å². The highest BCUT2D eigenvalue weighted by atomic mass is 19.1. The molecule has 524 valence electrons. The van der Waals surface area contributed by atoms with Crippen LogP contribution in [0.5, 0.6) is 0 Å². The molecule has 6 fully saturated rings. The molecule has 0 radical (unpaired) electrons. The third kappa shape index (κ3) is 18.5. The van der Waals surface area contributed by atoms with Crippen LogP contribution in [0.25, 0.3) is 22.3 Å². The maximum absolute atomic E-state index is 15.3. The highest BCUT2D eigenvalue weighted by Crippen LogP contribution is 2.37. The van der Waals surface area contributed by atoms with Crippen molar-refractivity contribution in [2.24, 2.45) is 10.8 Å². The standard InChI is InChI=1S/C34H47FN8O4.C23H35FN4O4.C11H14N4O.CH4/c1-34(2,3)11-16-42-31(24-6-4-7-25(35)29(24)36-13-17-40-18-20-47-21-19-40)38-26(32(42)45)22-28(44)41-14-9-23(10-15-41)43-27-8-5-12-37-30(27)39-33(43)46;1-23(2,3)7-9-28-21(26-18(22(28)31)15-19(29)30)16-5-4-6-17(24)20(16)25-8-10-27-11-13-32-14-12-27;16-11-14-10-9(2-1-5-13-10)15(11)8-3-6-12-7-4-8;/h4-8,12,23,26,31,36,38H,9-11,13-22H2,1-3H3,(H,37,39,46);4-6,18,21,25-26H,7-15H2,1-3H3,(H,29,30);1-2,5,8,12H,3-4,6-7H2,(H,13,14,16);1H4/t26-,31?;18-,21?;;/m11../s1. The Bertz CT molecular complexity index is 3690. The van der Waals surface area contributed by atoms with Gasteiger partial charge < -0.3 is 45.2 Å². The molecule has 27 heteroatoms. The second kappa shape index (κ2) is 33.1. The second-order valence-electron chi connectivity index (χ2n) is 27.8. The number of likely N-dealkylation sites (tertiary alicyclic amines) is 1. The number of hydrogen-bond acceptors (Lipinski definition) is 17. The van der Waals surface area contributed by atoms with Gasteiger partial charge in [0.25, 0.3) is 0 Å². The van der Waals surface area contributed by atoms with Gasteiger partial charge in [-0.2, -0.15) is 0 Å². The number of nitrogens with zero attached hydrogens (tertiary/aromatic N) is 9. The van der Waals surface area contributed by atoms with E-state index >= 15 is 4.39 Å². The van der Waals surface area contributed by atoms with E-state index < -0.39 is 36.2 Å². The van der Waals surface area contributed by atoms with Crippen molar-refractivity contribution in [1.29, 1.82) is 0 Å². The topological polar surface area (TPSA) is 285 Å². The van der Waals surface area contributed by atoms with E-state index in [1.165, 1.54) is 12.1 Å². The van der Waals surface area contributed by atoms with Crippen LogP contribution >= 0.6 is 0 Å². The number of benzene rings is 2. The average molecular weight is 1340 g/mol. The summed E-state index contributed by atoms with van der Waals surface area (Å²) in [5, 5.41) is 25.6. The Morgan fingerprint density at radius 3 is 1.44 bits per heavy atom. The Balaban J connectivity index is 0.000000189. The summed E-state index contributed by atoms with van der Waals surface area (Å²) in [5.74, 6) is -2.33. The molecule has 96 heavy (non-hydrogen) atoms. The molecular formula is C69H100F2N16O9. The molecule has 2 unspecified atom stereocenters. The number of aromatic nitrogens is 6. The van der Waals surface area contributed by atoms with E-state index in [4.69, 9.17) is 9.47 Å². The SMILES string of the molecule is C.CC(C)(C)CCN1C(=O)[C@@H](CC(=O)N2CCC(n3c(=O)[nH]c4ncccc43)CC2)NC1c1cccc(F)c1NCCN1CCOCC1.CC(C)(C)CCN1C(=O)[C@@H](CC(=O)O)NC1c1cccc(F)c1NCCN1CCOCC1.O=c1[nH]c2ncccc2n1C1CCNCC1. The Hall–Kier alpha value is -7.66. The first-order valence-electron chi connectivity index (χ1n) is 33.7. The lowest BCUT2D eigenvalue weighted by molar-refractivity contribution is -0.140. The maximum atomic E-state index is 15.3. The molecule has 0 aliphatic carbocycles. The minimum Gasteiger partial charge on any atom is -0.481 e. The summed E-state index contributed by atoms with van der Waals surface area (Å²) in [6.45, 7) is 25.3. The lowest BCUT2D eigenvalue weighted by Crippen LogP contribution is -2.43. The van der Waals surface area contributed by atoms with Gasteiger partial charge in [0.1, 0.15) is 24.0 Å². The van der Waals surface area contributed by atoms with Crippen LogP contribution in [0.2, 0.25) is 0 Å². The van der Waals surface area contributed by atoms with Gasteiger partial charge in [0, 0.05) is 114 Å². The molecule has 6 saturated heterocycles. The number of H-pyrrole nitrogens is 2. The number of carbonyl (C=O) groups excluding carboxylic acids is 3. The van der Waals surface area contributed by atoms with Crippen LogP contribution in [0.3, 0.4) is 0 Å². The van der Waals surface area contributed by atoms with E-state index in [0.29, 0.717) is 118 Å². The molecule has 3 amide bonds. The van der Waals surface area contributed by atoms with Gasteiger partial charge in [-0.15, -0.1) is 0 Å². The summed E-state index contributed by atoms with van der Waals surface area (Å²) in [7, 11) is 0. The fourth-order valence-electron chi connectivity index (χ4n) is 13.4. The van der Waals surface area contributed by atoms with Crippen molar-refractivity contribution in [3.63, 3.8) is 0 Å². The predicted octanol–water partition coefficient (Wildman–Crippen LogP) is 6.66. The quantitative estimate of drug-likeness (QED) is 0.0396. The lowest BCUT2D eigenvalue weighted by atomic mass is 9.92. The summed E-state index contributed by atoms with van der Waals surface area (Å²) in [5.41, 5.74) is 4.66.